The summed E-state index contributed by atoms with van der Waals surface area (Å²) in [6.45, 7) is 0. The maximum Gasteiger partial charge on any atom is 0.261 e. The van der Waals surface area contributed by atoms with E-state index in [1.165, 1.54) is 0 Å². The van der Waals surface area contributed by atoms with Crippen molar-refractivity contribution >= 4 is 31.9 Å². The fourth-order valence-electron chi connectivity index (χ4n) is 0.280. The van der Waals surface area contributed by atoms with Crippen LogP contribution < -0.4 is 0 Å². The first-order chi connectivity index (χ1) is 3.98. The summed E-state index contributed by atoms with van der Waals surface area (Å²) >= 11 is 4.95. The zero-order chi connectivity index (χ0) is 7.49. The first-order valence-electron chi connectivity index (χ1n) is 2.20. The third-order valence-electron chi connectivity index (χ3n) is 0.648. The van der Waals surface area contributed by atoms with Gasteiger partial charge in [-0.2, -0.15) is 0 Å². The number of hydrogen-bond acceptors (Lipinski definition) is 0. The molecule has 0 radical (unpaired) electrons. The highest BCUT2D eigenvalue weighted by molar-refractivity contribution is 9.09. The predicted octanol–water partition coefficient (Wildman–Crippen LogP) is 3.10. The topological polar surface area (TPSA) is 0 Å². The van der Waals surface area contributed by atoms with E-state index in [1.54, 1.807) is 0 Å². The average molecular weight is 270 g/mol. The van der Waals surface area contributed by atoms with E-state index >= 15 is 0 Å². The second kappa shape index (κ2) is 3.81. The van der Waals surface area contributed by atoms with Crippen molar-refractivity contribution in [3.8, 4) is 0 Å². The van der Waals surface area contributed by atoms with Gasteiger partial charge in [0.15, 0.2) is 5.08 Å². The van der Waals surface area contributed by atoms with Crippen LogP contribution in [0.1, 0.15) is 6.42 Å². The quantitative estimate of drug-likeness (QED) is 0.691. The standard InChI is InChI=1S/C4H5Br2F3/c5-2-4(8,9)1-3(6)7/h3H,1-2H2. The molecule has 0 aliphatic carbocycles. The summed E-state index contributed by atoms with van der Waals surface area (Å²) in [5.74, 6) is -2.94. The summed E-state index contributed by atoms with van der Waals surface area (Å²) in [6.07, 6.45) is -0.780. The molecular formula is C4H5Br2F3. The van der Waals surface area contributed by atoms with Crippen molar-refractivity contribution in [1.29, 1.82) is 0 Å². The summed E-state index contributed by atoms with van der Waals surface area (Å²) in [4.78, 5) is 0. The molecule has 0 saturated heterocycles. The minimum atomic E-state index is -2.94. The zero-order valence-electron chi connectivity index (χ0n) is 4.38. The van der Waals surface area contributed by atoms with Crippen LogP contribution in [0.5, 0.6) is 0 Å². The Bertz CT molecular complexity index is 83.9. The highest BCUT2D eigenvalue weighted by Gasteiger charge is 2.30. The second-order valence-corrected chi connectivity index (χ2v) is 3.14. The Kier molecular flexibility index (Phi) is 4.12. The van der Waals surface area contributed by atoms with Gasteiger partial charge in [-0.15, -0.1) is 0 Å². The summed E-state index contributed by atoms with van der Waals surface area (Å²) in [5.41, 5.74) is 0. The van der Waals surface area contributed by atoms with Crippen molar-refractivity contribution in [1.82, 2.24) is 0 Å². The van der Waals surface area contributed by atoms with Crippen LogP contribution in [0.2, 0.25) is 0 Å². The van der Waals surface area contributed by atoms with Gasteiger partial charge in [0, 0.05) is 0 Å². The zero-order valence-corrected chi connectivity index (χ0v) is 7.55. The van der Waals surface area contributed by atoms with Crippen LogP contribution in [0.4, 0.5) is 13.2 Å². The monoisotopic (exact) mass is 268 g/mol. The van der Waals surface area contributed by atoms with Gasteiger partial charge in [-0.3, -0.25) is 0 Å². The first kappa shape index (κ1) is 9.75. The molecule has 0 bridgehead atoms. The van der Waals surface area contributed by atoms with Gasteiger partial charge < -0.3 is 0 Å². The van der Waals surface area contributed by atoms with Gasteiger partial charge in [0.25, 0.3) is 5.92 Å². The van der Waals surface area contributed by atoms with E-state index in [4.69, 9.17) is 0 Å². The normalized spacial score (nSPS) is 15.7. The van der Waals surface area contributed by atoms with E-state index in [0.717, 1.165) is 0 Å². The Morgan fingerprint density at radius 1 is 1.44 bits per heavy atom. The molecule has 0 aromatic heterocycles. The predicted molar refractivity (Wildman–Crippen MR) is 37.2 cm³/mol. The van der Waals surface area contributed by atoms with Gasteiger partial charge in [-0.05, 0) is 0 Å². The fraction of sp³-hybridized carbons (Fsp3) is 1.00. The summed E-state index contributed by atoms with van der Waals surface area (Å²) in [5, 5.41) is -2.11. The number of rotatable bonds is 3. The third-order valence-corrected chi connectivity index (χ3v) is 1.79. The Balaban J connectivity index is 3.58. The molecule has 0 saturated carbocycles. The van der Waals surface area contributed by atoms with Crippen LogP contribution in [0.25, 0.3) is 0 Å². The molecule has 0 nitrogen and oxygen atoms in total. The molecule has 1 atom stereocenters. The maximum atomic E-state index is 12.1. The molecule has 0 aromatic rings. The molecule has 0 aromatic carbocycles. The minimum absolute atomic E-state index is 0.494. The number of alkyl halides is 5. The average Bonchev–Trinajstić information content (AvgIpc) is 1.63. The molecular weight excluding hydrogens is 265 g/mol. The minimum Gasteiger partial charge on any atom is -0.235 e. The summed E-state index contributed by atoms with van der Waals surface area (Å²) in [7, 11) is 0. The van der Waals surface area contributed by atoms with E-state index < -0.39 is 22.8 Å². The summed E-state index contributed by atoms with van der Waals surface area (Å²) in [6, 6.07) is 0. The molecule has 0 aliphatic rings. The molecule has 0 heterocycles. The van der Waals surface area contributed by atoms with E-state index in [0.29, 0.717) is 0 Å². The Labute approximate surface area is 68.1 Å². The van der Waals surface area contributed by atoms with Crippen molar-refractivity contribution < 1.29 is 13.2 Å². The highest BCUT2D eigenvalue weighted by atomic mass is 79.9. The van der Waals surface area contributed by atoms with Crippen LogP contribution in [-0.4, -0.2) is 16.3 Å². The maximum absolute atomic E-state index is 12.1. The van der Waals surface area contributed by atoms with Gasteiger partial charge in [0.05, 0.1) is 11.8 Å². The van der Waals surface area contributed by atoms with Crippen LogP contribution in [0, 0.1) is 0 Å². The van der Waals surface area contributed by atoms with Crippen molar-refractivity contribution in [2.45, 2.75) is 17.4 Å². The van der Waals surface area contributed by atoms with Gasteiger partial charge in [0.1, 0.15) is 0 Å². The van der Waals surface area contributed by atoms with Crippen LogP contribution in [-0.2, 0) is 0 Å². The molecule has 0 spiro atoms. The van der Waals surface area contributed by atoms with E-state index in [-0.39, 0.29) is 0 Å². The largest absolute Gasteiger partial charge is 0.261 e. The number of hydrogen-bond donors (Lipinski definition) is 0. The molecule has 0 fully saturated rings. The summed E-state index contributed by atoms with van der Waals surface area (Å²) < 4.78 is 36.0. The number of halogens is 5. The highest BCUT2D eigenvalue weighted by Crippen LogP contribution is 2.25. The van der Waals surface area contributed by atoms with E-state index in [9.17, 15) is 13.2 Å². The van der Waals surface area contributed by atoms with Gasteiger partial charge >= 0.3 is 0 Å². The van der Waals surface area contributed by atoms with Crippen LogP contribution >= 0.6 is 31.9 Å². The van der Waals surface area contributed by atoms with Gasteiger partial charge in [-0.1, -0.05) is 31.9 Å². The second-order valence-electron chi connectivity index (χ2n) is 1.58. The lowest BCUT2D eigenvalue weighted by Crippen LogP contribution is -2.20. The molecule has 0 amide bonds. The molecule has 56 valence electrons. The molecule has 0 N–H and O–H groups in total. The smallest absolute Gasteiger partial charge is 0.235 e. The SMILES string of the molecule is FC(Br)CC(F)(F)CBr. The lowest BCUT2D eigenvalue weighted by Gasteiger charge is -2.11. The molecule has 9 heavy (non-hydrogen) atoms. The Morgan fingerprint density at radius 3 is 2.00 bits per heavy atom. The fourth-order valence-corrected chi connectivity index (χ4v) is 0.983. The molecule has 1 unspecified atom stereocenters. The lowest BCUT2D eigenvalue weighted by atomic mass is 10.3. The lowest BCUT2D eigenvalue weighted by molar-refractivity contribution is 0.00994. The molecule has 5 heteroatoms. The van der Waals surface area contributed by atoms with Crippen molar-refractivity contribution in [2.75, 3.05) is 5.33 Å². The van der Waals surface area contributed by atoms with Crippen molar-refractivity contribution in [3.63, 3.8) is 0 Å². The first-order valence-corrected chi connectivity index (χ1v) is 4.23. The van der Waals surface area contributed by atoms with Gasteiger partial charge in [0.2, 0.25) is 0 Å². The Hall–Kier alpha value is 0.750. The Morgan fingerprint density at radius 2 is 1.89 bits per heavy atom. The van der Waals surface area contributed by atoms with E-state index in [2.05, 4.69) is 31.9 Å². The van der Waals surface area contributed by atoms with E-state index in [1.807, 2.05) is 0 Å². The molecule has 0 rings (SSSR count). The van der Waals surface area contributed by atoms with Crippen molar-refractivity contribution in [2.24, 2.45) is 0 Å². The van der Waals surface area contributed by atoms with Crippen LogP contribution in [0.15, 0.2) is 0 Å². The third kappa shape index (κ3) is 5.21. The van der Waals surface area contributed by atoms with Gasteiger partial charge in [-0.25, -0.2) is 13.2 Å². The molecule has 0 aliphatic heterocycles. The van der Waals surface area contributed by atoms with Crippen LogP contribution in [0.3, 0.4) is 0 Å². The van der Waals surface area contributed by atoms with Crippen molar-refractivity contribution in [3.05, 3.63) is 0 Å².